The molecule has 1 fully saturated rings. The smallest absolute Gasteiger partial charge is 0.0631 e. The van der Waals surface area contributed by atoms with Gasteiger partial charge < -0.3 is 10.1 Å². The van der Waals surface area contributed by atoms with Crippen LogP contribution >= 0.6 is 0 Å². The van der Waals surface area contributed by atoms with Crippen LogP contribution in [0.4, 0.5) is 0 Å². The topological polar surface area (TPSA) is 21.3 Å². The van der Waals surface area contributed by atoms with E-state index in [1.165, 1.54) is 36.8 Å². The summed E-state index contributed by atoms with van der Waals surface area (Å²) in [5, 5.41) is 3.51. The Kier molecular flexibility index (Phi) is 3.40. The number of hydrogen-bond donors (Lipinski definition) is 1. The van der Waals surface area contributed by atoms with E-state index in [0.29, 0.717) is 18.1 Å². The van der Waals surface area contributed by atoms with Crippen LogP contribution in [-0.2, 0) is 11.2 Å². The summed E-state index contributed by atoms with van der Waals surface area (Å²) in [7, 11) is 2.08. The number of rotatable bonds is 3. The van der Waals surface area contributed by atoms with Gasteiger partial charge in [0.25, 0.3) is 0 Å². The average Bonchev–Trinajstić information content (AvgIpc) is 2.89. The van der Waals surface area contributed by atoms with Crippen LogP contribution in [-0.4, -0.2) is 18.8 Å². The summed E-state index contributed by atoms with van der Waals surface area (Å²) >= 11 is 0. The first kappa shape index (κ1) is 13.1. The molecule has 3 rings (SSSR count). The van der Waals surface area contributed by atoms with E-state index in [9.17, 15) is 0 Å². The molecule has 0 saturated carbocycles. The summed E-state index contributed by atoms with van der Waals surface area (Å²) in [6.45, 7) is 4.43. The van der Waals surface area contributed by atoms with Crippen molar-refractivity contribution in [2.75, 3.05) is 7.05 Å². The van der Waals surface area contributed by atoms with Gasteiger partial charge in [0.05, 0.1) is 11.7 Å². The highest BCUT2D eigenvalue weighted by molar-refractivity contribution is 5.35. The van der Waals surface area contributed by atoms with Gasteiger partial charge in [-0.15, -0.1) is 0 Å². The van der Waals surface area contributed by atoms with Gasteiger partial charge in [-0.2, -0.15) is 0 Å². The fourth-order valence-electron chi connectivity index (χ4n) is 3.87. The highest BCUT2D eigenvalue weighted by atomic mass is 16.5. The van der Waals surface area contributed by atoms with Crippen LogP contribution in [0.25, 0.3) is 0 Å². The Labute approximate surface area is 116 Å². The SMILES string of the molecule is CNC1c2ccccc2CC1CC1CCC(C)(C)O1. The molecule has 1 aromatic rings. The third-order valence-electron chi connectivity index (χ3n) is 4.77. The Morgan fingerprint density at radius 3 is 2.79 bits per heavy atom. The summed E-state index contributed by atoms with van der Waals surface area (Å²) in [6, 6.07) is 9.36. The van der Waals surface area contributed by atoms with E-state index in [1.54, 1.807) is 0 Å². The Morgan fingerprint density at radius 2 is 2.11 bits per heavy atom. The summed E-state index contributed by atoms with van der Waals surface area (Å²) in [4.78, 5) is 0. The first-order valence-corrected chi connectivity index (χ1v) is 7.52. The van der Waals surface area contributed by atoms with Crippen molar-refractivity contribution in [3.05, 3.63) is 35.4 Å². The van der Waals surface area contributed by atoms with Crippen molar-refractivity contribution in [1.29, 1.82) is 0 Å². The van der Waals surface area contributed by atoms with Crippen molar-refractivity contribution >= 4 is 0 Å². The van der Waals surface area contributed by atoms with Gasteiger partial charge in [0.1, 0.15) is 0 Å². The lowest BCUT2D eigenvalue weighted by atomic mass is 9.93. The standard InChI is InChI=1S/C17H25NO/c1-17(2)9-8-14(19-17)11-13-10-12-6-4-5-7-15(12)16(13)18-3/h4-7,13-14,16,18H,8-11H2,1-3H3. The normalized spacial score (nSPS) is 32.5. The van der Waals surface area contributed by atoms with Crippen molar-refractivity contribution in [2.24, 2.45) is 5.92 Å². The molecule has 3 unspecified atom stereocenters. The van der Waals surface area contributed by atoms with Crippen LogP contribution in [0.1, 0.15) is 50.3 Å². The molecule has 2 nitrogen and oxygen atoms in total. The van der Waals surface area contributed by atoms with E-state index in [2.05, 4.69) is 50.5 Å². The van der Waals surface area contributed by atoms with Gasteiger partial charge in [-0.3, -0.25) is 0 Å². The molecule has 1 heterocycles. The minimum atomic E-state index is 0.0886. The second-order valence-corrected chi connectivity index (χ2v) is 6.70. The predicted molar refractivity (Wildman–Crippen MR) is 78.2 cm³/mol. The van der Waals surface area contributed by atoms with Crippen molar-refractivity contribution in [2.45, 2.75) is 57.3 Å². The number of benzene rings is 1. The predicted octanol–water partition coefficient (Wildman–Crippen LogP) is 3.47. The highest BCUT2D eigenvalue weighted by Gasteiger charge is 2.37. The van der Waals surface area contributed by atoms with Gasteiger partial charge in [-0.05, 0) is 63.6 Å². The minimum absolute atomic E-state index is 0.0886. The zero-order chi connectivity index (χ0) is 13.5. The van der Waals surface area contributed by atoms with Crippen molar-refractivity contribution in [1.82, 2.24) is 5.32 Å². The highest BCUT2D eigenvalue weighted by Crippen LogP contribution is 2.41. The molecular weight excluding hydrogens is 234 g/mol. The molecule has 1 aromatic carbocycles. The maximum absolute atomic E-state index is 6.17. The Bertz CT molecular complexity index is 454. The molecule has 19 heavy (non-hydrogen) atoms. The zero-order valence-electron chi connectivity index (χ0n) is 12.3. The van der Waals surface area contributed by atoms with Gasteiger partial charge in [0.2, 0.25) is 0 Å². The zero-order valence-corrected chi connectivity index (χ0v) is 12.3. The van der Waals surface area contributed by atoms with E-state index in [4.69, 9.17) is 4.74 Å². The molecule has 3 atom stereocenters. The largest absolute Gasteiger partial charge is 0.372 e. The van der Waals surface area contributed by atoms with E-state index in [1.807, 2.05) is 0 Å². The van der Waals surface area contributed by atoms with E-state index in [0.717, 1.165) is 0 Å². The molecule has 1 N–H and O–H groups in total. The lowest BCUT2D eigenvalue weighted by Gasteiger charge is -2.25. The molecule has 1 aliphatic heterocycles. The van der Waals surface area contributed by atoms with Crippen molar-refractivity contribution in [3.63, 3.8) is 0 Å². The fourth-order valence-corrected chi connectivity index (χ4v) is 3.87. The van der Waals surface area contributed by atoms with E-state index < -0.39 is 0 Å². The Balaban J connectivity index is 1.70. The van der Waals surface area contributed by atoms with Gasteiger partial charge in [-0.25, -0.2) is 0 Å². The maximum Gasteiger partial charge on any atom is 0.0631 e. The number of ether oxygens (including phenoxy) is 1. The Morgan fingerprint density at radius 1 is 1.32 bits per heavy atom. The van der Waals surface area contributed by atoms with E-state index in [-0.39, 0.29) is 5.60 Å². The van der Waals surface area contributed by atoms with Gasteiger partial charge in [0, 0.05) is 6.04 Å². The fraction of sp³-hybridized carbons (Fsp3) is 0.647. The molecule has 1 aliphatic carbocycles. The molecule has 2 heteroatoms. The second-order valence-electron chi connectivity index (χ2n) is 6.70. The third-order valence-corrected chi connectivity index (χ3v) is 4.77. The lowest BCUT2D eigenvalue weighted by molar-refractivity contribution is -0.0258. The molecule has 0 aromatic heterocycles. The quantitative estimate of drug-likeness (QED) is 0.897. The average molecular weight is 259 g/mol. The Hall–Kier alpha value is -0.860. The van der Waals surface area contributed by atoms with Crippen LogP contribution in [0.3, 0.4) is 0 Å². The molecule has 0 bridgehead atoms. The summed E-state index contributed by atoms with van der Waals surface area (Å²) in [5.74, 6) is 0.682. The molecule has 104 valence electrons. The first-order valence-electron chi connectivity index (χ1n) is 7.52. The first-order chi connectivity index (χ1) is 9.09. The van der Waals surface area contributed by atoms with Crippen LogP contribution in [0, 0.1) is 5.92 Å². The van der Waals surface area contributed by atoms with Crippen LogP contribution < -0.4 is 5.32 Å². The van der Waals surface area contributed by atoms with E-state index >= 15 is 0 Å². The van der Waals surface area contributed by atoms with Gasteiger partial charge in [-0.1, -0.05) is 24.3 Å². The van der Waals surface area contributed by atoms with Gasteiger partial charge in [0.15, 0.2) is 0 Å². The summed E-state index contributed by atoms with van der Waals surface area (Å²) in [5.41, 5.74) is 3.10. The van der Waals surface area contributed by atoms with Crippen LogP contribution in [0.5, 0.6) is 0 Å². The van der Waals surface area contributed by atoms with Gasteiger partial charge >= 0.3 is 0 Å². The second kappa shape index (κ2) is 4.92. The minimum Gasteiger partial charge on any atom is -0.372 e. The molecular formula is C17H25NO. The molecule has 0 radical (unpaired) electrons. The van der Waals surface area contributed by atoms with Crippen molar-refractivity contribution < 1.29 is 4.74 Å². The maximum atomic E-state index is 6.17. The lowest BCUT2D eigenvalue weighted by Crippen LogP contribution is -2.26. The van der Waals surface area contributed by atoms with Crippen molar-refractivity contribution in [3.8, 4) is 0 Å². The number of hydrogen-bond acceptors (Lipinski definition) is 2. The van der Waals surface area contributed by atoms with Crippen LogP contribution in [0.2, 0.25) is 0 Å². The molecule has 0 amide bonds. The molecule has 2 aliphatic rings. The third kappa shape index (κ3) is 2.56. The number of fused-ring (bicyclic) bond motifs is 1. The summed E-state index contributed by atoms with van der Waals surface area (Å²) in [6.07, 6.45) is 5.24. The summed E-state index contributed by atoms with van der Waals surface area (Å²) < 4.78 is 6.17. The molecule has 1 saturated heterocycles. The monoisotopic (exact) mass is 259 g/mol. The molecule has 0 spiro atoms. The van der Waals surface area contributed by atoms with Crippen LogP contribution in [0.15, 0.2) is 24.3 Å². The number of nitrogens with one attached hydrogen (secondary N) is 1.